The smallest absolute Gasteiger partial charge is 0.225 e. The quantitative estimate of drug-likeness (QED) is 0.778. The number of hydrogen-bond donors (Lipinski definition) is 1. The summed E-state index contributed by atoms with van der Waals surface area (Å²) in [6, 6.07) is 0.421. The molecule has 1 saturated heterocycles. The summed E-state index contributed by atoms with van der Waals surface area (Å²) >= 11 is 0. The van der Waals surface area contributed by atoms with E-state index in [2.05, 4.69) is 23.7 Å². The van der Waals surface area contributed by atoms with Crippen molar-refractivity contribution in [1.29, 1.82) is 0 Å². The number of nitrogens with two attached hydrogens (primary N) is 1. The third-order valence-corrected chi connectivity index (χ3v) is 4.27. The van der Waals surface area contributed by atoms with Crippen molar-refractivity contribution in [3.05, 3.63) is 17.5 Å². The van der Waals surface area contributed by atoms with Crippen LogP contribution in [-0.2, 0) is 6.42 Å². The molecule has 112 valence electrons. The molecule has 0 amide bonds. The zero-order chi connectivity index (χ0) is 14.4. The molecular formula is C16H28N4. The van der Waals surface area contributed by atoms with Crippen LogP contribution in [0.5, 0.6) is 0 Å². The predicted octanol–water partition coefficient (Wildman–Crippen LogP) is 2.84. The van der Waals surface area contributed by atoms with E-state index in [4.69, 9.17) is 10.7 Å². The average molecular weight is 276 g/mol. The second-order valence-electron chi connectivity index (χ2n) is 5.82. The molecule has 2 N–H and O–H groups in total. The van der Waals surface area contributed by atoms with E-state index in [0.717, 1.165) is 31.0 Å². The van der Waals surface area contributed by atoms with Crippen molar-refractivity contribution < 1.29 is 0 Å². The number of anilines is 1. The van der Waals surface area contributed by atoms with Gasteiger partial charge in [0.1, 0.15) is 0 Å². The Kier molecular flexibility index (Phi) is 5.77. The standard InChI is InChI=1S/C16H28N4/c1-3-4-5-6-8-14-12-18-16(19-13(14)2)20-10-7-9-15(20)11-17/h12,15H,3-11,17H2,1-2H3. The molecule has 1 aromatic rings. The first kappa shape index (κ1) is 15.2. The van der Waals surface area contributed by atoms with E-state index in [0.29, 0.717) is 12.6 Å². The third-order valence-electron chi connectivity index (χ3n) is 4.27. The van der Waals surface area contributed by atoms with Gasteiger partial charge in [-0.2, -0.15) is 0 Å². The molecule has 1 unspecified atom stereocenters. The third kappa shape index (κ3) is 3.69. The van der Waals surface area contributed by atoms with E-state index in [9.17, 15) is 0 Å². The second-order valence-corrected chi connectivity index (χ2v) is 5.82. The lowest BCUT2D eigenvalue weighted by molar-refractivity contribution is 0.654. The first-order valence-corrected chi connectivity index (χ1v) is 8.05. The molecule has 0 bridgehead atoms. The van der Waals surface area contributed by atoms with Crippen LogP contribution in [0.15, 0.2) is 6.20 Å². The van der Waals surface area contributed by atoms with Crippen LogP contribution in [0.1, 0.15) is 56.7 Å². The molecule has 1 aromatic heterocycles. The highest BCUT2D eigenvalue weighted by atomic mass is 15.3. The summed E-state index contributed by atoms with van der Waals surface area (Å²) in [6.07, 6.45) is 10.6. The molecule has 0 saturated carbocycles. The molecule has 0 spiro atoms. The minimum Gasteiger partial charge on any atom is -0.337 e. The van der Waals surface area contributed by atoms with E-state index in [1.165, 1.54) is 37.7 Å². The van der Waals surface area contributed by atoms with Crippen LogP contribution in [0.4, 0.5) is 5.95 Å². The van der Waals surface area contributed by atoms with Crippen molar-refractivity contribution in [2.45, 2.75) is 64.8 Å². The molecule has 1 aliphatic rings. The van der Waals surface area contributed by atoms with Crippen LogP contribution in [0.3, 0.4) is 0 Å². The lowest BCUT2D eigenvalue weighted by Gasteiger charge is -2.23. The summed E-state index contributed by atoms with van der Waals surface area (Å²) in [4.78, 5) is 11.6. The van der Waals surface area contributed by atoms with Crippen molar-refractivity contribution in [2.75, 3.05) is 18.0 Å². The minimum absolute atomic E-state index is 0.421. The van der Waals surface area contributed by atoms with Gasteiger partial charge in [0.25, 0.3) is 0 Å². The predicted molar refractivity (Wildman–Crippen MR) is 84.0 cm³/mol. The van der Waals surface area contributed by atoms with E-state index in [1.807, 2.05) is 6.20 Å². The Balaban J connectivity index is 1.98. The number of hydrogen-bond acceptors (Lipinski definition) is 4. The van der Waals surface area contributed by atoms with Gasteiger partial charge < -0.3 is 10.6 Å². The average Bonchev–Trinajstić information content (AvgIpc) is 2.93. The molecule has 4 nitrogen and oxygen atoms in total. The number of rotatable bonds is 7. The molecule has 2 rings (SSSR count). The van der Waals surface area contributed by atoms with E-state index in [1.54, 1.807) is 0 Å². The molecule has 0 aliphatic carbocycles. The number of unbranched alkanes of at least 4 members (excludes halogenated alkanes) is 3. The second kappa shape index (κ2) is 7.58. The number of nitrogens with zero attached hydrogens (tertiary/aromatic N) is 3. The maximum absolute atomic E-state index is 5.83. The van der Waals surface area contributed by atoms with E-state index in [-0.39, 0.29) is 0 Å². The molecule has 20 heavy (non-hydrogen) atoms. The first-order chi connectivity index (χ1) is 9.76. The Bertz CT molecular complexity index is 419. The molecule has 1 fully saturated rings. The topological polar surface area (TPSA) is 55.0 Å². The molecule has 2 heterocycles. The zero-order valence-electron chi connectivity index (χ0n) is 12.9. The van der Waals surface area contributed by atoms with Gasteiger partial charge in [-0.25, -0.2) is 9.97 Å². The van der Waals surface area contributed by atoms with Crippen molar-refractivity contribution in [2.24, 2.45) is 5.73 Å². The van der Waals surface area contributed by atoms with Crippen LogP contribution in [0, 0.1) is 6.92 Å². The van der Waals surface area contributed by atoms with Gasteiger partial charge >= 0.3 is 0 Å². The maximum Gasteiger partial charge on any atom is 0.225 e. The maximum atomic E-state index is 5.83. The highest BCUT2D eigenvalue weighted by molar-refractivity contribution is 5.36. The monoisotopic (exact) mass is 276 g/mol. The lowest BCUT2D eigenvalue weighted by Crippen LogP contribution is -2.36. The van der Waals surface area contributed by atoms with Crippen molar-refractivity contribution in [3.8, 4) is 0 Å². The van der Waals surface area contributed by atoms with Gasteiger partial charge in [0.2, 0.25) is 5.95 Å². The first-order valence-electron chi connectivity index (χ1n) is 8.05. The molecule has 0 radical (unpaired) electrons. The van der Waals surface area contributed by atoms with Crippen LogP contribution in [0.25, 0.3) is 0 Å². The molecule has 1 atom stereocenters. The number of aromatic nitrogens is 2. The Hall–Kier alpha value is -1.16. The fraction of sp³-hybridized carbons (Fsp3) is 0.750. The van der Waals surface area contributed by atoms with Gasteiger partial charge in [-0.3, -0.25) is 0 Å². The van der Waals surface area contributed by atoms with E-state index >= 15 is 0 Å². The van der Waals surface area contributed by atoms with Gasteiger partial charge in [0.05, 0.1) is 0 Å². The molecule has 1 aliphatic heterocycles. The minimum atomic E-state index is 0.421. The van der Waals surface area contributed by atoms with Crippen molar-refractivity contribution in [3.63, 3.8) is 0 Å². The van der Waals surface area contributed by atoms with Crippen molar-refractivity contribution in [1.82, 2.24) is 9.97 Å². The van der Waals surface area contributed by atoms with Crippen LogP contribution >= 0.6 is 0 Å². The SMILES string of the molecule is CCCCCCc1cnc(N2CCCC2CN)nc1C. The summed E-state index contributed by atoms with van der Waals surface area (Å²) < 4.78 is 0. The summed E-state index contributed by atoms with van der Waals surface area (Å²) in [7, 11) is 0. The van der Waals surface area contributed by atoms with Crippen LogP contribution in [0.2, 0.25) is 0 Å². The van der Waals surface area contributed by atoms with Gasteiger partial charge in [-0.15, -0.1) is 0 Å². The zero-order valence-corrected chi connectivity index (χ0v) is 12.9. The van der Waals surface area contributed by atoms with E-state index < -0.39 is 0 Å². The molecular weight excluding hydrogens is 248 g/mol. The van der Waals surface area contributed by atoms with Crippen LogP contribution in [-0.4, -0.2) is 29.1 Å². The van der Waals surface area contributed by atoms with Gasteiger partial charge in [0.15, 0.2) is 0 Å². The fourth-order valence-corrected chi connectivity index (χ4v) is 2.95. The van der Waals surface area contributed by atoms with Gasteiger partial charge in [-0.1, -0.05) is 26.2 Å². The fourth-order valence-electron chi connectivity index (χ4n) is 2.95. The normalized spacial score (nSPS) is 18.8. The molecule has 0 aromatic carbocycles. The van der Waals surface area contributed by atoms with Gasteiger partial charge in [-0.05, 0) is 38.2 Å². The Morgan fingerprint density at radius 1 is 1.35 bits per heavy atom. The largest absolute Gasteiger partial charge is 0.337 e. The van der Waals surface area contributed by atoms with Crippen LogP contribution < -0.4 is 10.6 Å². The van der Waals surface area contributed by atoms with Gasteiger partial charge in [0, 0.05) is 31.0 Å². The summed E-state index contributed by atoms with van der Waals surface area (Å²) in [5, 5.41) is 0. The Labute approximate surface area is 122 Å². The Morgan fingerprint density at radius 2 is 2.20 bits per heavy atom. The number of aryl methyl sites for hydroxylation is 2. The highest BCUT2D eigenvalue weighted by Crippen LogP contribution is 2.22. The molecule has 4 heteroatoms. The summed E-state index contributed by atoms with van der Waals surface area (Å²) in [6.45, 7) is 6.08. The summed E-state index contributed by atoms with van der Waals surface area (Å²) in [5.74, 6) is 0.868. The Morgan fingerprint density at radius 3 is 2.90 bits per heavy atom. The lowest BCUT2D eigenvalue weighted by atomic mass is 10.1. The summed E-state index contributed by atoms with van der Waals surface area (Å²) in [5.41, 5.74) is 8.26. The highest BCUT2D eigenvalue weighted by Gasteiger charge is 2.25. The van der Waals surface area contributed by atoms with Crippen molar-refractivity contribution >= 4 is 5.95 Å².